The summed E-state index contributed by atoms with van der Waals surface area (Å²) in [7, 11) is 0. The largest absolute Gasteiger partial charge is 0.359 e. The highest BCUT2D eigenvalue weighted by molar-refractivity contribution is 6.22. The molecule has 0 saturated carbocycles. The molecular formula is C45H32N4. The summed E-state index contributed by atoms with van der Waals surface area (Å²) < 4.78 is 0. The molecule has 4 heteroatoms. The number of hydrogen-bond donors (Lipinski definition) is 1. The van der Waals surface area contributed by atoms with Gasteiger partial charge in [0.2, 0.25) is 0 Å². The fraction of sp³-hybridized carbons (Fsp3) is 0.0667. The van der Waals surface area contributed by atoms with Gasteiger partial charge in [-0.15, -0.1) is 0 Å². The summed E-state index contributed by atoms with van der Waals surface area (Å²) in [4.78, 5) is 13.1. The highest BCUT2D eigenvalue weighted by atomic mass is 15.3. The molecule has 7 aromatic rings. The van der Waals surface area contributed by atoms with Crippen molar-refractivity contribution in [2.75, 3.05) is 10.2 Å². The maximum atomic E-state index is 5.41. The Kier molecular flexibility index (Phi) is 6.34. The van der Waals surface area contributed by atoms with E-state index in [0.29, 0.717) is 0 Å². The Labute approximate surface area is 285 Å². The van der Waals surface area contributed by atoms with E-state index < -0.39 is 0 Å². The molecule has 0 fully saturated rings. The van der Waals surface area contributed by atoms with Gasteiger partial charge in [0, 0.05) is 22.5 Å². The smallest absolute Gasteiger partial charge is 0.123 e. The van der Waals surface area contributed by atoms with E-state index in [9.17, 15) is 0 Å². The number of anilines is 2. The van der Waals surface area contributed by atoms with Crippen LogP contribution in [0.3, 0.4) is 0 Å². The van der Waals surface area contributed by atoms with Gasteiger partial charge in [0.15, 0.2) is 0 Å². The molecule has 232 valence electrons. The van der Waals surface area contributed by atoms with Crippen LogP contribution in [0, 0.1) is 0 Å². The zero-order chi connectivity index (χ0) is 32.3. The lowest BCUT2D eigenvalue weighted by Crippen LogP contribution is -2.30. The SMILES string of the molecule is C1=CCCC(c2nc3cc(-c4ccc5c6c(c7ccccc7c5c4)NC4C=CC=CN64)c(-c4ccccc4)cc3nc2-c2ccccc2)=C1. The molecule has 0 amide bonds. The van der Waals surface area contributed by atoms with E-state index in [4.69, 9.17) is 9.97 Å². The Balaban J connectivity index is 1.24. The molecule has 0 bridgehead atoms. The van der Waals surface area contributed by atoms with Gasteiger partial charge in [-0.3, -0.25) is 0 Å². The molecular weight excluding hydrogens is 597 g/mol. The fourth-order valence-corrected chi connectivity index (χ4v) is 7.75. The minimum absolute atomic E-state index is 0.113. The molecule has 2 aliphatic heterocycles. The lowest BCUT2D eigenvalue weighted by atomic mass is 9.90. The predicted molar refractivity (Wildman–Crippen MR) is 205 cm³/mol. The quantitative estimate of drug-likeness (QED) is 0.197. The molecule has 3 heterocycles. The number of allylic oxidation sites excluding steroid dienone is 6. The average Bonchev–Trinajstić information content (AvgIpc) is 3.58. The minimum atomic E-state index is 0.113. The normalized spacial score (nSPS) is 16.2. The third-order valence-electron chi connectivity index (χ3n) is 10.1. The first kappa shape index (κ1) is 27.8. The Bertz CT molecular complexity index is 2580. The highest BCUT2D eigenvalue weighted by Crippen LogP contribution is 2.49. The van der Waals surface area contributed by atoms with Gasteiger partial charge in [-0.1, -0.05) is 121 Å². The summed E-state index contributed by atoms with van der Waals surface area (Å²) in [5.41, 5.74) is 13.0. The fourth-order valence-electron chi connectivity index (χ4n) is 7.75. The number of nitrogens with zero attached hydrogens (tertiary/aromatic N) is 3. The topological polar surface area (TPSA) is 41.1 Å². The van der Waals surface area contributed by atoms with Gasteiger partial charge in [-0.2, -0.15) is 0 Å². The van der Waals surface area contributed by atoms with Crippen molar-refractivity contribution in [1.29, 1.82) is 0 Å². The van der Waals surface area contributed by atoms with Crippen LogP contribution in [0.2, 0.25) is 0 Å². The summed E-state index contributed by atoms with van der Waals surface area (Å²) in [5, 5.41) is 8.73. The molecule has 0 radical (unpaired) electrons. The highest BCUT2D eigenvalue weighted by Gasteiger charge is 2.31. The first-order valence-electron chi connectivity index (χ1n) is 17.0. The van der Waals surface area contributed by atoms with Gasteiger partial charge >= 0.3 is 0 Å². The van der Waals surface area contributed by atoms with E-state index >= 15 is 0 Å². The lowest BCUT2D eigenvalue weighted by Gasteiger charge is -2.23. The zero-order valence-corrected chi connectivity index (χ0v) is 26.8. The Hall–Kier alpha value is -6.26. The summed E-state index contributed by atoms with van der Waals surface area (Å²) in [5.74, 6) is 0. The van der Waals surface area contributed by atoms with Crippen LogP contribution in [0.4, 0.5) is 11.4 Å². The number of hydrogen-bond acceptors (Lipinski definition) is 4. The lowest BCUT2D eigenvalue weighted by molar-refractivity contribution is 0.910. The number of aromatic nitrogens is 2. The van der Waals surface area contributed by atoms with Gasteiger partial charge in [0.05, 0.1) is 33.8 Å². The number of benzene rings is 6. The molecule has 1 unspecified atom stereocenters. The van der Waals surface area contributed by atoms with Crippen molar-refractivity contribution < 1.29 is 0 Å². The maximum absolute atomic E-state index is 5.41. The Morgan fingerprint density at radius 2 is 1.31 bits per heavy atom. The van der Waals surface area contributed by atoms with Gasteiger partial charge < -0.3 is 10.2 Å². The first-order valence-corrected chi connectivity index (χ1v) is 17.0. The van der Waals surface area contributed by atoms with Crippen molar-refractivity contribution in [3.8, 4) is 33.5 Å². The molecule has 1 atom stereocenters. The second-order valence-electron chi connectivity index (χ2n) is 13.0. The maximum Gasteiger partial charge on any atom is 0.123 e. The molecule has 0 saturated heterocycles. The van der Waals surface area contributed by atoms with Gasteiger partial charge in [0.1, 0.15) is 6.17 Å². The van der Waals surface area contributed by atoms with E-state index in [0.717, 1.165) is 63.1 Å². The monoisotopic (exact) mass is 628 g/mol. The van der Waals surface area contributed by atoms with Crippen molar-refractivity contribution >= 4 is 49.5 Å². The average molecular weight is 629 g/mol. The van der Waals surface area contributed by atoms with Gasteiger partial charge in [0.25, 0.3) is 0 Å². The third kappa shape index (κ3) is 4.52. The zero-order valence-electron chi connectivity index (χ0n) is 26.8. The van der Waals surface area contributed by atoms with Crippen LogP contribution >= 0.6 is 0 Å². The molecule has 0 spiro atoms. The van der Waals surface area contributed by atoms with E-state index in [1.54, 1.807) is 0 Å². The van der Waals surface area contributed by atoms with Gasteiger partial charge in [-0.25, -0.2) is 9.97 Å². The van der Waals surface area contributed by atoms with Crippen molar-refractivity contribution in [2.24, 2.45) is 0 Å². The van der Waals surface area contributed by atoms with Crippen LogP contribution in [0.25, 0.3) is 71.7 Å². The van der Waals surface area contributed by atoms with Crippen LogP contribution < -0.4 is 10.2 Å². The number of fused-ring (bicyclic) bond motifs is 9. The van der Waals surface area contributed by atoms with Crippen molar-refractivity contribution in [2.45, 2.75) is 19.0 Å². The predicted octanol–water partition coefficient (Wildman–Crippen LogP) is 11.3. The number of nitrogens with one attached hydrogen (secondary N) is 1. The first-order chi connectivity index (χ1) is 24.3. The van der Waals surface area contributed by atoms with E-state index in [-0.39, 0.29) is 6.17 Å². The summed E-state index contributed by atoms with van der Waals surface area (Å²) >= 11 is 0. The molecule has 1 N–H and O–H groups in total. The molecule has 3 aliphatic rings. The third-order valence-corrected chi connectivity index (χ3v) is 10.1. The van der Waals surface area contributed by atoms with E-state index in [2.05, 4.69) is 168 Å². The summed E-state index contributed by atoms with van der Waals surface area (Å²) in [6.07, 6.45) is 17.3. The Morgan fingerprint density at radius 3 is 2.08 bits per heavy atom. The van der Waals surface area contributed by atoms with E-state index in [1.165, 1.54) is 38.5 Å². The summed E-state index contributed by atoms with van der Waals surface area (Å²) in [6.45, 7) is 0. The second kappa shape index (κ2) is 11.2. The second-order valence-corrected chi connectivity index (χ2v) is 13.0. The minimum Gasteiger partial charge on any atom is -0.359 e. The Morgan fingerprint density at radius 1 is 0.592 bits per heavy atom. The molecule has 1 aromatic heterocycles. The standard InChI is InChI=1S/C45H32N4/c1-4-14-29(15-5-1)36-27-39-40(47-43(31-18-8-3-9-19-31)42(46-39)30-16-6-2-7-17-30)28-37(36)32-23-24-35-38(26-32)33-20-10-11-21-34(33)44-45(35)49-25-13-12-22-41(49)48-44/h1-8,10-18,20-28,41,48H,9,19H2. The van der Waals surface area contributed by atoms with Crippen LogP contribution in [0.1, 0.15) is 18.5 Å². The van der Waals surface area contributed by atoms with Crippen molar-refractivity contribution in [3.63, 3.8) is 0 Å². The molecule has 1 aliphatic carbocycles. The number of rotatable bonds is 4. The van der Waals surface area contributed by atoms with Crippen molar-refractivity contribution in [1.82, 2.24) is 9.97 Å². The summed E-state index contributed by atoms with van der Waals surface area (Å²) in [6, 6.07) is 41.4. The molecule has 6 aromatic carbocycles. The van der Waals surface area contributed by atoms with Crippen LogP contribution in [-0.4, -0.2) is 16.1 Å². The van der Waals surface area contributed by atoms with Crippen LogP contribution in [-0.2, 0) is 0 Å². The molecule has 49 heavy (non-hydrogen) atoms. The van der Waals surface area contributed by atoms with Gasteiger partial charge in [-0.05, 0) is 81.8 Å². The van der Waals surface area contributed by atoms with E-state index in [1.807, 2.05) is 0 Å². The van der Waals surface area contributed by atoms with Crippen LogP contribution in [0.15, 0.2) is 158 Å². The van der Waals surface area contributed by atoms with Crippen molar-refractivity contribution in [3.05, 3.63) is 164 Å². The molecule has 4 nitrogen and oxygen atoms in total. The van der Waals surface area contributed by atoms with Crippen LogP contribution in [0.5, 0.6) is 0 Å². The molecule has 10 rings (SSSR count).